The molecule has 0 saturated carbocycles. The van der Waals surface area contributed by atoms with Crippen molar-refractivity contribution in [2.75, 3.05) is 5.32 Å². The monoisotopic (exact) mass is 320 g/mol. The Balaban J connectivity index is 2.07. The Morgan fingerprint density at radius 3 is 2.42 bits per heavy atom. The predicted octanol–water partition coefficient (Wildman–Crippen LogP) is 3.89. The molecule has 3 aromatic rings. The lowest BCUT2D eigenvalue weighted by molar-refractivity contribution is 0.102. The van der Waals surface area contributed by atoms with Crippen LogP contribution in [0.25, 0.3) is 10.9 Å². The summed E-state index contributed by atoms with van der Waals surface area (Å²) in [6, 6.07) is 13.2. The van der Waals surface area contributed by atoms with E-state index < -0.39 is 0 Å². The van der Waals surface area contributed by atoms with Gasteiger partial charge in [-0.25, -0.2) is 0 Å². The molecule has 2 aromatic carbocycles. The van der Waals surface area contributed by atoms with Crippen LogP contribution >= 0.6 is 0 Å². The topological polar surface area (TPSA) is 51.1 Å². The molecule has 0 atom stereocenters. The van der Waals surface area contributed by atoms with E-state index in [1.54, 1.807) is 12.3 Å². The zero-order valence-corrected chi connectivity index (χ0v) is 14.1. The minimum Gasteiger partial charge on any atom is -0.347 e. The van der Waals surface area contributed by atoms with Gasteiger partial charge < -0.3 is 9.88 Å². The average Bonchev–Trinajstić information content (AvgIpc) is 2.54. The van der Waals surface area contributed by atoms with Crippen LogP contribution in [0.15, 0.2) is 53.5 Å². The van der Waals surface area contributed by atoms with E-state index in [-0.39, 0.29) is 16.9 Å². The molecule has 24 heavy (non-hydrogen) atoms. The number of fused-ring (bicyclic) bond motifs is 1. The second-order valence-electron chi connectivity index (χ2n) is 6.01. The Kier molecular flexibility index (Phi) is 4.21. The first-order chi connectivity index (χ1) is 11.5. The molecule has 0 bridgehead atoms. The number of nitrogens with zero attached hydrogens (tertiary/aromatic N) is 1. The van der Waals surface area contributed by atoms with E-state index in [0.717, 1.165) is 16.6 Å². The fourth-order valence-corrected chi connectivity index (χ4v) is 3.01. The van der Waals surface area contributed by atoms with Crippen LogP contribution in [0.2, 0.25) is 0 Å². The summed E-state index contributed by atoms with van der Waals surface area (Å²) in [6.07, 6.45) is 1.64. The van der Waals surface area contributed by atoms with Gasteiger partial charge in [-0.3, -0.25) is 9.59 Å². The van der Waals surface area contributed by atoms with Crippen LogP contribution in [-0.4, -0.2) is 10.5 Å². The van der Waals surface area contributed by atoms with Gasteiger partial charge in [0.2, 0.25) is 5.43 Å². The lowest BCUT2D eigenvalue weighted by Gasteiger charge is -2.12. The number of aromatic nitrogens is 1. The number of benzene rings is 2. The van der Waals surface area contributed by atoms with E-state index >= 15 is 0 Å². The third-order valence-electron chi connectivity index (χ3n) is 4.05. The standard InChI is InChI=1S/C20H20N2O2/c1-4-22-12-17(19(23)16-7-5-6-8-18(16)22)20(24)21-15-10-13(2)9-14(3)11-15/h5-12H,4H2,1-3H3,(H,21,24). The number of aryl methyl sites for hydroxylation is 3. The molecule has 122 valence electrons. The van der Waals surface area contributed by atoms with Gasteiger partial charge in [-0.15, -0.1) is 0 Å². The zero-order valence-electron chi connectivity index (χ0n) is 14.1. The Labute approximate surface area is 140 Å². The second-order valence-corrected chi connectivity index (χ2v) is 6.01. The van der Waals surface area contributed by atoms with Gasteiger partial charge in [-0.05, 0) is 56.2 Å². The summed E-state index contributed by atoms with van der Waals surface area (Å²) < 4.78 is 1.92. The molecule has 4 heteroatoms. The number of hydrogen-bond donors (Lipinski definition) is 1. The number of amides is 1. The number of hydrogen-bond acceptors (Lipinski definition) is 2. The molecule has 0 radical (unpaired) electrons. The molecule has 1 amide bonds. The molecule has 4 nitrogen and oxygen atoms in total. The van der Waals surface area contributed by atoms with Gasteiger partial charge in [0.15, 0.2) is 0 Å². The third-order valence-corrected chi connectivity index (χ3v) is 4.05. The Hall–Kier alpha value is -2.88. The first-order valence-electron chi connectivity index (χ1n) is 8.01. The van der Waals surface area contributed by atoms with Crippen LogP contribution in [0.4, 0.5) is 5.69 Å². The van der Waals surface area contributed by atoms with Gasteiger partial charge in [0.1, 0.15) is 5.56 Å². The van der Waals surface area contributed by atoms with Gasteiger partial charge >= 0.3 is 0 Å². The summed E-state index contributed by atoms with van der Waals surface area (Å²) in [5, 5.41) is 3.41. The molecule has 0 aliphatic carbocycles. The summed E-state index contributed by atoms with van der Waals surface area (Å²) >= 11 is 0. The summed E-state index contributed by atoms with van der Waals surface area (Å²) in [6.45, 7) is 6.62. The van der Waals surface area contributed by atoms with Gasteiger partial charge in [-0.1, -0.05) is 18.2 Å². The Morgan fingerprint density at radius 1 is 1.08 bits per heavy atom. The smallest absolute Gasteiger partial charge is 0.261 e. The minimum atomic E-state index is -0.377. The van der Waals surface area contributed by atoms with Crippen molar-refractivity contribution in [2.24, 2.45) is 0 Å². The number of nitrogens with one attached hydrogen (secondary N) is 1. The van der Waals surface area contributed by atoms with Crippen LogP contribution < -0.4 is 10.7 Å². The van der Waals surface area contributed by atoms with Gasteiger partial charge in [0, 0.05) is 23.8 Å². The fraction of sp³-hybridized carbons (Fsp3) is 0.200. The summed E-state index contributed by atoms with van der Waals surface area (Å²) in [5.74, 6) is -0.377. The maximum atomic E-state index is 12.7. The first kappa shape index (κ1) is 16.0. The number of rotatable bonds is 3. The molecular formula is C20H20N2O2. The number of pyridine rings is 1. The van der Waals surface area contributed by atoms with Crippen LogP contribution in [0.3, 0.4) is 0 Å². The highest BCUT2D eigenvalue weighted by Gasteiger charge is 2.15. The van der Waals surface area contributed by atoms with E-state index in [2.05, 4.69) is 5.32 Å². The molecular weight excluding hydrogens is 300 g/mol. The zero-order chi connectivity index (χ0) is 17.3. The SMILES string of the molecule is CCn1cc(C(=O)Nc2cc(C)cc(C)c2)c(=O)c2ccccc21. The fourth-order valence-electron chi connectivity index (χ4n) is 3.01. The van der Waals surface area contributed by atoms with Crippen molar-refractivity contribution in [3.63, 3.8) is 0 Å². The largest absolute Gasteiger partial charge is 0.347 e. The highest BCUT2D eigenvalue weighted by Crippen LogP contribution is 2.16. The highest BCUT2D eigenvalue weighted by atomic mass is 16.2. The van der Waals surface area contributed by atoms with E-state index in [1.165, 1.54) is 0 Å². The molecule has 1 N–H and O–H groups in total. The molecule has 1 aromatic heterocycles. The van der Waals surface area contributed by atoms with Crippen molar-refractivity contribution in [2.45, 2.75) is 27.3 Å². The molecule has 0 fully saturated rings. The Morgan fingerprint density at radius 2 is 1.75 bits per heavy atom. The number of carbonyl (C=O) groups excluding carboxylic acids is 1. The van der Waals surface area contributed by atoms with Crippen molar-refractivity contribution < 1.29 is 4.79 Å². The number of para-hydroxylation sites is 1. The maximum Gasteiger partial charge on any atom is 0.261 e. The minimum absolute atomic E-state index is 0.162. The van der Waals surface area contributed by atoms with Gasteiger partial charge in [-0.2, -0.15) is 0 Å². The van der Waals surface area contributed by atoms with E-state index in [9.17, 15) is 9.59 Å². The lowest BCUT2D eigenvalue weighted by atomic mass is 10.1. The molecule has 0 unspecified atom stereocenters. The van der Waals surface area contributed by atoms with Crippen LogP contribution in [-0.2, 0) is 6.54 Å². The number of carbonyl (C=O) groups is 1. The molecule has 0 aliphatic heterocycles. The van der Waals surface area contributed by atoms with E-state index in [1.807, 2.05) is 61.7 Å². The van der Waals surface area contributed by atoms with Crippen molar-refractivity contribution in [3.8, 4) is 0 Å². The van der Waals surface area contributed by atoms with Crippen LogP contribution in [0.5, 0.6) is 0 Å². The van der Waals surface area contributed by atoms with E-state index in [0.29, 0.717) is 17.6 Å². The molecule has 0 aliphatic rings. The quantitative estimate of drug-likeness (QED) is 0.796. The van der Waals surface area contributed by atoms with Crippen molar-refractivity contribution >= 4 is 22.5 Å². The van der Waals surface area contributed by atoms with Crippen molar-refractivity contribution in [1.29, 1.82) is 0 Å². The molecule has 0 saturated heterocycles. The van der Waals surface area contributed by atoms with Crippen LogP contribution in [0.1, 0.15) is 28.4 Å². The lowest BCUT2D eigenvalue weighted by Crippen LogP contribution is -2.23. The predicted molar refractivity (Wildman–Crippen MR) is 97.8 cm³/mol. The summed E-state index contributed by atoms with van der Waals surface area (Å²) in [5.41, 5.74) is 3.59. The molecule has 1 heterocycles. The van der Waals surface area contributed by atoms with Gasteiger partial charge in [0.05, 0.1) is 5.52 Å². The highest BCUT2D eigenvalue weighted by molar-refractivity contribution is 6.05. The first-order valence-corrected chi connectivity index (χ1v) is 8.01. The van der Waals surface area contributed by atoms with Crippen molar-refractivity contribution in [1.82, 2.24) is 4.57 Å². The summed E-state index contributed by atoms with van der Waals surface area (Å²) in [4.78, 5) is 25.3. The molecule has 3 rings (SSSR count). The Bertz CT molecular complexity index is 966. The molecule has 0 spiro atoms. The second kappa shape index (κ2) is 6.32. The van der Waals surface area contributed by atoms with E-state index in [4.69, 9.17) is 0 Å². The van der Waals surface area contributed by atoms with Crippen molar-refractivity contribution in [3.05, 3.63) is 75.6 Å². The number of anilines is 1. The van der Waals surface area contributed by atoms with Gasteiger partial charge in [0.25, 0.3) is 5.91 Å². The normalized spacial score (nSPS) is 10.8. The third kappa shape index (κ3) is 2.95. The average molecular weight is 320 g/mol. The summed E-state index contributed by atoms with van der Waals surface area (Å²) in [7, 11) is 0. The maximum absolute atomic E-state index is 12.7. The van der Waals surface area contributed by atoms with Crippen LogP contribution in [0, 0.1) is 13.8 Å².